The van der Waals surface area contributed by atoms with E-state index in [4.69, 9.17) is 4.74 Å². The minimum Gasteiger partial charge on any atom is -0.468 e. The van der Waals surface area contributed by atoms with Crippen LogP contribution in [0.3, 0.4) is 0 Å². The van der Waals surface area contributed by atoms with Crippen LogP contribution in [0, 0.1) is 18.8 Å². The second-order valence-electron chi connectivity index (χ2n) is 6.65. The van der Waals surface area contributed by atoms with E-state index in [1.807, 2.05) is 31.2 Å². The van der Waals surface area contributed by atoms with Gasteiger partial charge in [0.1, 0.15) is 5.54 Å². The number of carbonyl (C=O) groups is 3. The molecule has 2 aliphatic heterocycles. The molecule has 0 saturated carbocycles. The number of aryl methyl sites for hydroxylation is 1. The molecule has 24 heavy (non-hydrogen) atoms. The minimum atomic E-state index is -1.22. The molecule has 3 rings (SSSR count). The summed E-state index contributed by atoms with van der Waals surface area (Å²) in [7, 11) is 1.29. The first kappa shape index (κ1) is 16.6. The fraction of sp³-hybridized carbons (Fsp3) is 0.500. The van der Waals surface area contributed by atoms with Gasteiger partial charge >= 0.3 is 5.97 Å². The Kier molecular flexibility index (Phi) is 3.95. The highest BCUT2D eigenvalue weighted by Gasteiger charge is 2.66. The topological polar surface area (TPSA) is 75.7 Å². The first-order valence-corrected chi connectivity index (χ1v) is 8.13. The second-order valence-corrected chi connectivity index (χ2v) is 6.65. The zero-order chi connectivity index (χ0) is 17.6. The van der Waals surface area contributed by atoms with Gasteiger partial charge in [-0.25, -0.2) is 0 Å². The number of amides is 2. The average Bonchev–Trinajstić information content (AvgIpc) is 3.02. The molecule has 0 unspecified atom stereocenters. The summed E-state index contributed by atoms with van der Waals surface area (Å²) in [6, 6.07) is 7.38. The van der Waals surface area contributed by atoms with Crippen LogP contribution in [0.25, 0.3) is 0 Å². The largest absolute Gasteiger partial charge is 0.468 e. The quantitative estimate of drug-likeness (QED) is 0.665. The Balaban J connectivity index is 2.09. The van der Waals surface area contributed by atoms with E-state index in [-0.39, 0.29) is 11.8 Å². The molecule has 4 atom stereocenters. The van der Waals surface area contributed by atoms with E-state index in [1.165, 1.54) is 12.0 Å². The highest BCUT2D eigenvalue weighted by atomic mass is 16.5. The van der Waals surface area contributed by atoms with E-state index >= 15 is 0 Å². The number of esters is 1. The number of carbonyl (C=O) groups excluding carboxylic acids is 3. The molecule has 2 amide bonds. The highest BCUT2D eigenvalue weighted by molar-refractivity contribution is 6.09. The van der Waals surface area contributed by atoms with Gasteiger partial charge in [0.15, 0.2) is 0 Å². The minimum absolute atomic E-state index is 0.224. The number of nitrogens with zero attached hydrogens (tertiary/aromatic N) is 1. The Morgan fingerprint density at radius 3 is 2.42 bits per heavy atom. The summed E-state index contributed by atoms with van der Waals surface area (Å²) in [6.07, 6.45) is 0. The molecule has 2 heterocycles. The van der Waals surface area contributed by atoms with E-state index < -0.39 is 29.4 Å². The lowest BCUT2D eigenvalue weighted by molar-refractivity contribution is -0.153. The Morgan fingerprint density at radius 1 is 1.25 bits per heavy atom. The van der Waals surface area contributed by atoms with Crippen LogP contribution in [-0.4, -0.2) is 41.9 Å². The van der Waals surface area contributed by atoms with E-state index in [1.54, 1.807) is 13.8 Å². The predicted octanol–water partition coefficient (Wildman–Crippen LogP) is 1.19. The SMILES string of the molecule is CCN1C(=O)[C@@H]2[C@H](c3ccc(C)cc3)N[C@](C)(C(=O)OC)[C@H]2C1=O. The van der Waals surface area contributed by atoms with Gasteiger partial charge in [-0.3, -0.25) is 24.6 Å². The van der Waals surface area contributed by atoms with Gasteiger partial charge in [0.05, 0.1) is 18.9 Å². The van der Waals surface area contributed by atoms with Gasteiger partial charge in [-0.1, -0.05) is 29.8 Å². The van der Waals surface area contributed by atoms with Crippen molar-refractivity contribution in [2.75, 3.05) is 13.7 Å². The highest BCUT2D eigenvalue weighted by Crippen LogP contribution is 2.48. The van der Waals surface area contributed by atoms with Gasteiger partial charge in [0.2, 0.25) is 11.8 Å². The van der Waals surface area contributed by atoms with Gasteiger partial charge in [-0.2, -0.15) is 0 Å². The molecule has 2 fully saturated rings. The van der Waals surface area contributed by atoms with Crippen LogP contribution in [0.4, 0.5) is 0 Å². The van der Waals surface area contributed by atoms with Crippen molar-refractivity contribution in [2.24, 2.45) is 11.8 Å². The number of ether oxygens (including phenoxy) is 1. The van der Waals surface area contributed by atoms with Crippen LogP contribution in [0.5, 0.6) is 0 Å². The van der Waals surface area contributed by atoms with Crippen LogP contribution < -0.4 is 5.32 Å². The standard InChI is InChI=1S/C18H22N2O4/c1-5-20-15(21)12-13(16(20)22)18(3,17(23)24-4)19-14(12)11-8-6-10(2)7-9-11/h6-9,12-14,19H,5H2,1-4H3/t12-,13+,14-,18-/m0/s1. The number of nitrogens with one attached hydrogen (secondary N) is 1. The number of imide groups is 1. The third-order valence-electron chi connectivity index (χ3n) is 5.24. The number of hydrogen-bond acceptors (Lipinski definition) is 5. The average molecular weight is 330 g/mol. The van der Waals surface area contributed by atoms with Gasteiger partial charge in [-0.15, -0.1) is 0 Å². The van der Waals surface area contributed by atoms with Crippen LogP contribution in [0.2, 0.25) is 0 Å². The van der Waals surface area contributed by atoms with Crippen LogP contribution >= 0.6 is 0 Å². The summed E-state index contributed by atoms with van der Waals surface area (Å²) < 4.78 is 4.92. The number of benzene rings is 1. The molecule has 0 aliphatic carbocycles. The van der Waals surface area contributed by atoms with Crippen LogP contribution in [0.1, 0.15) is 31.0 Å². The molecular formula is C18H22N2O4. The number of methoxy groups -OCH3 is 1. The van der Waals surface area contributed by atoms with Crippen LogP contribution in [0.15, 0.2) is 24.3 Å². The summed E-state index contributed by atoms with van der Waals surface area (Å²) in [5, 5.41) is 3.22. The van der Waals surface area contributed by atoms with Crippen molar-refractivity contribution in [2.45, 2.75) is 32.4 Å². The van der Waals surface area contributed by atoms with Crippen molar-refractivity contribution >= 4 is 17.8 Å². The van der Waals surface area contributed by atoms with E-state index in [9.17, 15) is 14.4 Å². The summed E-state index contributed by atoms with van der Waals surface area (Å²) in [4.78, 5) is 39.2. The lowest BCUT2D eigenvalue weighted by atomic mass is 9.80. The van der Waals surface area contributed by atoms with Crippen molar-refractivity contribution in [1.82, 2.24) is 10.2 Å². The third-order valence-corrected chi connectivity index (χ3v) is 5.24. The maximum Gasteiger partial charge on any atom is 0.326 e. The Bertz CT molecular complexity index is 699. The maximum absolute atomic E-state index is 12.8. The van der Waals surface area contributed by atoms with Gasteiger partial charge in [0.25, 0.3) is 0 Å². The van der Waals surface area contributed by atoms with Crippen molar-refractivity contribution in [3.63, 3.8) is 0 Å². The lowest BCUT2D eigenvalue weighted by Gasteiger charge is -2.28. The predicted molar refractivity (Wildman–Crippen MR) is 86.9 cm³/mol. The number of rotatable bonds is 3. The molecule has 0 aromatic heterocycles. The van der Waals surface area contributed by atoms with Gasteiger partial charge in [-0.05, 0) is 26.3 Å². The number of fused-ring (bicyclic) bond motifs is 1. The zero-order valence-corrected chi connectivity index (χ0v) is 14.3. The zero-order valence-electron chi connectivity index (χ0n) is 14.3. The summed E-state index contributed by atoms with van der Waals surface area (Å²) in [5.74, 6) is -2.39. The van der Waals surface area contributed by atoms with Crippen molar-refractivity contribution in [3.8, 4) is 0 Å². The van der Waals surface area contributed by atoms with Crippen molar-refractivity contribution in [1.29, 1.82) is 0 Å². The fourth-order valence-electron chi connectivity index (χ4n) is 3.97. The molecule has 0 spiro atoms. The first-order valence-electron chi connectivity index (χ1n) is 8.13. The maximum atomic E-state index is 12.8. The second kappa shape index (κ2) is 5.70. The summed E-state index contributed by atoms with van der Waals surface area (Å²) >= 11 is 0. The number of likely N-dealkylation sites (tertiary alicyclic amines) is 1. The van der Waals surface area contributed by atoms with Gasteiger partial charge < -0.3 is 4.74 Å². The monoisotopic (exact) mass is 330 g/mol. The van der Waals surface area contributed by atoms with Gasteiger partial charge in [0, 0.05) is 12.6 Å². The Morgan fingerprint density at radius 2 is 1.88 bits per heavy atom. The van der Waals surface area contributed by atoms with E-state index in [0.717, 1.165) is 11.1 Å². The normalized spacial score (nSPS) is 32.2. The van der Waals surface area contributed by atoms with E-state index in [0.29, 0.717) is 6.54 Å². The fourth-order valence-corrected chi connectivity index (χ4v) is 3.97. The third kappa shape index (κ3) is 2.17. The van der Waals surface area contributed by atoms with Crippen molar-refractivity contribution in [3.05, 3.63) is 35.4 Å². The molecule has 2 saturated heterocycles. The smallest absolute Gasteiger partial charge is 0.326 e. The summed E-state index contributed by atoms with van der Waals surface area (Å²) in [6.45, 7) is 5.70. The number of hydrogen-bond donors (Lipinski definition) is 1. The molecule has 6 heteroatoms. The Hall–Kier alpha value is -2.21. The molecular weight excluding hydrogens is 308 g/mol. The molecule has 1 N–H and O–H groups in total. The van der Waals surface area contributed by atoms with Crippen molar-refractivity contribution < 1.29 is 19.1 Å². The lowest BCUT2D eigenvalue weighted by Crippen LogP contribution is -2.53. The molecule has 0 bridgehead atoms. The summed E-state index contributed by atoms with van der Waals surface area (Å²) in [5.41, 5.74) is 0.779. The molecule has 1 aromatic rings. The Labute approximate surface area is 141 Å². The molecule has 6 nitrogen and oxygen atoms in total. The molecule has 1 aromatic carbocycles. The van der Waals surface area contributed by atoms with Crippen LogP contribution in [-0.2, 0) is 19.1 Å². The first-order chi connectivity index (χ1) is 11.3. The molecule has 0 radical (unpaired) electrons. The van der Waals surface area contributed by atoms with E-state index in [2.05, 4.69) is 5.32 Å². The molecule has 128 valence electrons. The molecule has 2 aliphatic rings.